The summed E-state index contributed by atoms with van der Waals surface area (Å²) in [5.74, 6) is 0.674. The third-order valence-corrected chi connectivity index (χ3v) is 3.67. The molecular weight excluding hydrogens is 272 g/mol. The summed E-state index contributed by atoms with van der Waals surface area (Å²) >= 11 is 1.41. The largest absolute Gasteiger partial charge is 0.491 e. The molecule has 1 amide bonds. The number of hydrogen-bond acceptors (Lipinski definition) is 4. The van der Waals surface area contributed by atoms with E-state index in [4.69, 9.17) is 4.74 Å². The molecule has 4 nitrogen and oxygen atoms in total. The molecular formula is C15H18N2O2S. The minimum Gasteiger partial charge on any atom is -0.491 e. The lowest BCUT2D eigenvalue weighted by Gasteiger charge is -2.10. The third-order valence-electron chi connectivity index (χ3n) is 2.59. The molecule has 0 unspecified atom stereocenters. The van der Waals surface area contributed by atoms with E-state index in [0.717, 1.165) is 22.1 Å². The van der Waals surface area contributed by atoms with E-state index in [0.29, 0.717) is 4.88 Å². The van der Waals surface area contributed by atoms with Gasteiger partial charge in [0.2, 0.25) is 0 Å². The third kappa shape index (κ3) is 3.57. The first-order chi connectivity index (χ1) is 9.45. The molecule has 0 fully saturated rings. The Morgan fingerprint density at radius 3 is 2.40 bits per heavy atom. The van der Waals surface area contributed by atoms with Crippen LogP contribution in [0.3, 0.4) is 0 Å². The summed E-state index contributed by atoms with van der Waals surface area (Å²) in [7, 11) is 0. The normalized spacial score (nSPS) is 10.7. The van der Waals surface area contributed by atoms with E-state index in [1.54, 1.807) is 0 Å². The van der Waals surface area contributed by atoms with Crippen molar-refractivity contribution in [1.29, 1.82) is 0 Å². The monoisotopic (exact) mass is 290 g/mol. The molecule has 0 bridgehead atoms. The number of nitrogens with zero attached hydrogens (tertiary/aromatic N) is 1. The Hall–Kier alpha value is -1.88. The number of benzene rings is 1. The summed E-state index contributed by atoms with van der Waals surface area (Å²) in [6.07, 6.45) is 0.137. The van der Waals surface area contributed by atoms with Crippen molar-refractivity contribution in [2.24, 2.45) is 0 Å². The van der Waals surface area contributed by atoms with Crippen LogP contribution in [0.15, 0.2) is 24.3 Å². The summed E-state index contributed by atoms with van der Waals surface area (Å²) in [6.45, 7) is 7.69. The maximum Gasteiger partial charge on any atom is 0.267 e. The molecule has 5 heteroatoms. The first kappa shape index (κ1) is 14.5. The Balaban J connectivity index is 2.06. The number of ether oxygens (including phenoxy) is 1. The fourth-order valence-electron chi connectivity index (χ4n) is 1.82. The fraction of sp³-hybridized carbons (Fsp3) is 0.333. The van der Waals surface area contributed by atoms with Crippen molar-refractivity contribution < 1.29 is 9.53 Å². The lowest BCUT2D eigenvalue weighted by atomic mass is 10.3. The number of nitrogens with one attached hydrogen (secondary N) is 1. The zero-order valence-electron chi connectivity index (χ0n) is 12.1. The minimum atomic E-state index is -0.120. The van der Waals surface area contributed by atoms with Crippen LogP contribution in [0.2, 0.25) is 0 Å². The molecule has 0 aliphatic carbocycles. The molecule has 2 rings (SSSR count). The number of aryl methyl sites for hydroxylation is 2. The molecule has 0 aliphatic rings. The van der Waals surface area contributed by atoms with Crippen LogP contribution < -0.4 is 10.1 Å². The van der Waals surface area contributed by atoms with E-state index >= 15 is 0 Å². The zero-order chi connectivity index (χ0) is 14.7. The number of anilines is 1. The predicted octanol–water partition coefficient (Wildman–Crippen LogP) is 3.80. The standard InChI is InChI=1S/C15H18N2O2S/c1-9(2)19-13-7-5-12(6-8-13)17-15(18)14-10(3)16-11(4)20-14/h5-9H,1-4H3,(H,17,18). The molecule has 1 aromatic heterocycles. The predicted molar refractivity (Wildman–Crippen MR) is 81.7 cm³/mol. The highest BCUT2D eigenvalue weighted by Gasteiger charge is 2.13. The lowest BCUT2D eigenvalue weighted by Crippen LogP contribution is -2.11. The number of aromatic nitrogens is 1. The Morgan fingerprint density at radius 1 is 1.25 bits per heavy atom. The van der Waals surface area contributed by atoms with Gasteiger partial charge in [-0.05, 0) is 52.0 Å². The number of carbonyl (C=O) groups excluding carboxylic acids is 1. The Bertz CT molecular complexity index is 603. The van der Waals surface area contributed by atoms with Crippen molar-refractivity contribution in [1.82, 2.24) is 4.98 Å². The van der Waals surface area contributed by atoms with Crippen LogP contribution in [0.25, 0.3) is 0 Å². The van der Waals surface area contributed by atoms with Crippen LogP contribution in [0, 0.1) is 13.8 Å². The van der Waals surface area contributed by atoms with Crippen molar-refractivity contribution in [2.45, 2.75) is 33.8 Å². The van der Waals surface area contributed by atoms with E-state index < -0.39 is 0 Å². The second-order valence-electron chi connectivity index (χ2n) is 4.79. The SMILES string of the molecule is Cc1nc(C)c(C(=O)Nc2ccc(OC(C)C)cc2)s1. The molecule has 0 aliphatic heterocycles. The van der Waals surface area contributed by atoms with Crippen LogP contribution in [0.5, 0.6) is 5.75 Å². The highest BCUT2D eigenvalue weighted by Crippen LogP contribution is 2.21. The van der Waals surface area contributed by atoms with Crippen LogP contribution in [-0.4, -0.2) is 17.0 Å². The molecule has 0 saturated carbocycles. The maximum absolute atomic E-state index is 12.1. The van der Waals surface area contributed by atoms with Gasteiger partial charge in [-0.3, -0.25) is 4.79 Å². The summed E-state index contributed by atoms with van der Waals surface area (Å²) in [5.41, 5.74) is 1.52. The van der Waals surface area contributed by atoms with Crippen LogP contribution >= 0.6 is 11.3 Å². The number of thiazole rings is 1. The van der Waals surface area contributed by atoms with Gasteiger partial charge >= 0.3 is 0 Å². The van der Waals surface area contributed by atoms with Gasteiger partial charge in [0.05, 0.1) is 16.8 Å². The molecule has 2 aromatic rings. The molecule has 20 heavy (non-hydrogen) atoms. The van der Waals surface area contributed by atoms with Crippen LogP contribution in [0.4, 0.5) is 5.69 Å². The van der Waals surface area contributed by atoms with Crippen molar-refractivity contribution in [2.75, 3.05) is 5.32 Å². The molecule has 0 spiro atoms. The van der Waals surface area contributed by atoms with Gasteiger partial charge in [-0.2, -0.15) is 0 Å². The topological polar surface area (TPSA) is 51.2 Å². The van der Waals surface area contributed by atoms with E-state index in [-0.39, 0.29) is 12.0 Å². The average Bonchev–Trinajstić information content (AvgIpc) is 2.70. The van der Waals surface area contributed by atoms with E-state index in [9.17, 15) is 4.79 Å². The zero-order valence-corrected chi connectivity index (χ0v) is 12.9. The van der Waals surface area contributed by atoms with Gasteiger partial charge in [0.25, 0.3) is 5.91 Å². The van der Waals surface area contributed by atoms with Crippen molar-refractivity contribution in [3.8, 4) is 5.75 Å². The molecule has 0 radical (unpaired) electrons. The average molecular weight is 290 g/mol. The summed E-state index contributed by atoms with van der Waals surface area (Å²) in [5, 5.41) is 3.77. The van der Waals surface area contributed by atoms with E-state index in [1.165, 1.54) is 11.3 Å². The summed E-state index contributed by atoms with van der Waals surface area (Å²) in [4.78, 5) is 17.1. The van der Waals surface area contributed by atoms with E-state index in [2.05, 4.69) is 10.3 Å². The molecule has 106 valence electrons. The van der Waals surface area contributed by atoms with Gasteiger partial charge in [-0.1, -0.05) is 0 Å². The maximum atomic E-state index is 12.1. The van der Waals surface area contributed by atoms with E-state index in [1.807, 2.05) is 52.0 Å². The first-order valence-corrected chi connectivity index (χ1v) is 7.29. The second kappa shape index (κ2) is 6.05. The van der Waals surface area contributed by atoms with Crippen molar-refractivity contribution in [3.05, 3.63) is 39.8 Å². The Kier molecular flexibility index (Phi) is 4.39. The minimum absolute atomic E-state index is 0.120. The molecule has 0 saturated heterocycles. The summed E-state index contributed by atoms with van der Waals surface area (Å²) in [6, 6.07) is 7.36. The number of rotatable bonds is 4. The first-order valence-electron chi connectivity index (χ1n) is 6.48. The van der Waals surface area contributed by atoms with Gasteiger partial charge in [-0.15, -0.1) is 11.3 Å². The highest BCUT2D eigenvalue weighted by atomic mass is 32.1. The van der Waals surface area contributed by atoms with Gasteiger partial charge < -0.3 is 10.1 Å². The molecule has 1 N–H and O–H groups in total. The Labute approximate surface area is 122 Å². The van der Waals surface area contributed by atoms with Gasteiger partial charge in [-0.25, -0.2) is 4.98 Å². The van der Waals surface area contributed by atoms with Crippen LogP contribution in [-0.2, 0) is 0 Å². The van der Waals surface area contributed by atoms with Gasteiger partial charge in [0.1, 0.15) is 10.6 Å². The quantitative estimate of drug-likeness (QED) is 0.931. The molecule has 0 atom stereocenters. The fourth-order valence-corrected chi connectivity index (χ4v) is 2.63. The van der Waals surface area contributed by atoms with Gasteiger partial charge in [0, 0.05) is 5.69 Å². The van der Waals surface area contributed by atoms with Gasteiger partial charge in [0.15, 0.2) is 0 Å². The molecule has 1 aromatic carbocycles. The highest BCUT2D eigenvalue weighted by molar-refractivity contribution is 7.13. The second-order valence-corrected chi connectivity index (χ2v) is 6.00. The molecule has 1 heterocycles. The van der Waals surface area contributed by atoms with Crippen molar-refractivity contribution >= 4 is 22.9 Å². The number of hydrogen-bond donors (Lipinski definition) is 1. The number of carbonyl (C=O) groups is 1. The Morgan fingerprint density at radius 2 is 1.90 bits per heavy atom. The van der Waals surface area contributed by atoms with Crippen molar-refractivity contribution in [3.63, 3.8) is 0 Å². The number of amides is 1. The lowest BCUT2D eigenvalue weighted by molar-refractivity contribution is 0.103. The van der Waals surface area contributed by atoms with Crippen LogP contribution in [0.1, 0.15) is 34.2 Å². The summed E-state index contributed by atoms with van der Waals surface area (Å²) < 4.78 is 5.56. The smallest absolute Gasteiger partial charge is 0.267 e.